The van der Waals surface area contributed by atoms with Crippen molar-refractivity contribution in [1.82, 2.24) is 19.1 Å². The van der Waals surface area contributed by atoms with E-state index < -0.39 is 0 Å². The molecule has 12 heteroatoms. The Morgan fingerprint density at radius 1 is 0.635 bits per heavy atom. The minimum Gasteiger partial charge on any atom is -0.336 e. The number of carbonyl (C=O) groups excluding carboxylic acids is 2. The van der Waals surface area contributed by atoms with Crippen molar-refractivity contribution in [3.05, 3.63) is 141 Å². The Morgan fingerprint density at radius 3 is 1.31 bits per heavy atom. The third-order valence-electron chi connectivity index (χ3n) is 8.41. The zero-order valence-corrected chi connectivity index (χ0v) is 31.8. The first-order valence-corrected chi connectivity index (χ1v) is 19.0. The fourth-order valence-electron chi connectivity index (χ4n) is 5.94. The second-order valence-corrected chi connectivity index (χ2v) is 15.3. The van der Waals surface area contributed by atoms with Crippen LogP contribution in [0.25, 0.3) is 0 Å². The number of hydrogen-bond acceptors (Lipinski definition) is 6. The van der Waals surface area contributed by atoms with Gasteiger partial charge < -0.3 is 9.13 Å². The smallest absolute Gasteiger partial charge is 0.274 e. The molecule has 2 amide bonds. The number of hydrogen-bond donors (Lipinski definition) is 2. The van der Waals surface area contributed by atoms with Gasteiger partial charge in [0.25, 0.3) is 11.8 Å². The number of anilines is 2. The van der Waals surface area contributed by atoms with E-state index in [4.69, 9.17) is 0 Å². The van der Waals surface area contributed by atoms with E-state index in [2.05, 4.69) is 48.3 Å². The maximum absolute atomic E-state index is 13.2. The van der Waals surface area contributed by atoms with Crippen LogP contribution in [0.2, 0.25) is 0 Å². The number of carbonyl (C=O) groups is 2. The van der Waals surface area contributed by atoms with E-state index in [1.165, 1.54) is 46.9 Å². The Hall–Kier alpha value is -4.94. The van der Waals surface area contributed by atoms with Gasteiger partial charge >= 0.3 is 0 Å². The molecule has 0 bridgehead atoms. The minimum absolute atomic E-state index is 0.0893. The second-order valence-electron chi connectivity index (χ2n) is 13.5. The summed E-state index contributed by atoms with van der Waals surface area (Å²) in [6, 6.07) is 16.5. The van der Waals surface area contributed by atoms with E-state index in [1.54, 1.807) is 36.7 Å². The first-order valence-electron chi connectivity index (χ1n) is 17.2. The molecule has 0 radical (unpaired) electrons. The van der Waals surface area contributed by atoms with Crippen LogP contribution in [0.4, 0.5) is 19.0 Å². The summed E-state index contributed by atoms with van der Waals surface area (Å²) in [5.74, 6) is 0.0583. The number of benzene rings is 2. The van der Waals surface area contributed by atoms with Crippen molar-refractivity contribution in [2.75, 3.05) is 10.6 Å². The highest BCUT2D eigenvalue weighted by Gasteiger charge is 2.21. The van der Waals surface area contributed by atoms with Gasteiger partial charge in [-0.2, -0.15) is 0 Å². The molecule has 4 heterocycles. The highest BCUT2D eigenvalue weighted by molar-refractivity contribution is 7.14. The molecule has 2 atom stereocenters. The molecule has 0 saturated carbocycles. The van der Waals surface area contributed by atoms with Crippen LogP contribution in [0.15, 0.2) is 96.2 Å². The van der Waals surface area contributed by atoms with E-state index in [1.807, 2.05) is 58.3 Å². The van der Waals surface area contributed by atoms with Gasteiger partial charge in [0.15, 0.2) is 10.3 Å². The largest absolute Gasteiger partial charge is 0.336 e. The molecule has 4 aromatic heterocycles. The Balaban J connectivity index is 0.000000201. The zero-order chi connectivity index (χ0) is 37.4. The van der Waals surface area contributed by atoms with Crippen molar-refractivity contribution >= 4 is 44.8 Å². The van der Waals surface area contributed by atoms with E-state index >= 15 is 0 Å². The molecule has 0 saturated heterocycles. The minimum atomic E-state index is -0.268. The molecule has 8 nitrogen and oxygen atoms in total. The third kappa shape index (κ3) is 10.1. The average Bonchev–Trinajstić information content (AvgIpc) is 3.93. The van der Waals surface area contributed by atoms with Crippen molar-refractivity contribution in [1.29, 1.82) is 0 Å². The molecular formula is C40H44F2N6O2S2. The van der Waals surface area contributed by atoms with E-state index in [0.717, 1.165) is 35.1 Å². The fourth-order valence-corrected chi connectivity index (χ4v) is 6.99. The number of halogens is 2. The van der Waals surface area contributed by atoms with Crippen molar-refractivity contribution in [2.45, 2.75) is 66.5 Å². The summed E-state index contributed by atoms with van der Waals surface area (Å²) in [5.41, 5.74) is 5.26. The van der Waals surface area contributed by atoms with E-state index in [-0.39, 0.29) is 35.5 Å². The predicted molar refractivity (Wildman–Crippen MR) is 207 cm³/mol. The topological polar surface area (TPSA) is 93.8 Å². The third-order valence-corrected chi connectivity index (χ3v) is 9.79. The lowest BCUT2D eigenvalue weighted by Crippen LogP contribution is -2.19. The molecule has 0 spiro atoms. The lowest BCUT2D eigenvalue weighted by atomic mass is 10.1. The maximum atomic E-state index is 13.2. The number of nitrogens with one attached hydrogen (secondary N) is 2. The molecule has 0 aliphatic heterocycles. The summed E-state index contributed by atoms with van der Waals surface area (Å²) >= 11 is 2.76. The lowest BCUT2D eigenvalue weighted by molar-refractivity contribution is 0.100. The van der Waals surface area contributed by atoms with Gasteiger partial charge in [-0.1, -0.05) is 52.0 Å². The van der Waals surface area contributed by atoms with Gasteiger partial charge in [0.1, 0.15) is 23.0 Å². The quantitative estimate of drug-likeness (QED) is 0.131. The van der Waals surface area contributed by atoms with Gasteiger partial charge in [-0.15, -0.1) is 22.7 Å². The zero-order valence-electron chi connectivity index (χ0n) is 30.1. The van der Waals surface area contributed by atoms with Crippen molar-refractivity contribution in [3.63, 3.8) is 0 Å². The monoisotopic (exact) mass is 742 g/mol. The molecular weight excluding hydrogens is 699 g/mol. The van der Waals surface area contributed by atoms with Gasteiger partial charge in [0.05, 0.1) is 12.1 Å². The molecule has 52 heavy (non-hydrogen) atoms. The number of amides is 2. The molecule has 0 aliphatic rings. The standard InChI is InChI=1S/2C20H22FN3OS/c2*1-13(2)10-15-11-18(19(25)23-20-22-8-9-26-20)24(12-15)14(3)16-4-6-17(21)7-5-16/h2*4-9,11-14H,10H2,1-3H3,(H,22,23,25). The van der Waals surface area contributed by atoms with Crippen LogP contribution in [0.1, 0.15) is 96.9 Å². The van der Waals surface area contributed by atoms with Crippen LogP contribution >= 0.6 is 22.7 Å². The van der Waals surface area contributed by atoms with Gasteiger partial charge in [-0.25, -0.2) is 18.7 Å². The molecule has 6 aromatic rings. The summed E-state index contributed by atoms with van der Waals surface area (Å²) in [6.45, 7) is 12.6. The summed E-state index contributed by atoms with van der Waals surface area (Å²) < 4.78 is 30.4. The average molecular weight is 743 g/mol. The summed E-state index contributed by atoms with van der Waals surface area (Å²) in [6.07, 6.45) is 9.13. The van der Waals surface area contributed by atoms with Crippen LogP contribution in [-0.2, 0) is 12.8 Å². The Kier molecular flexibility index (Phi) is 12.9. The number of thiazole rings is 2. The molecule has 0 aliphatic carbocycles. The Morgan fingerprint density at radius 2 is 1.00 bits per heavy atom. The van der Waals surface area contributed by atoms with Gasteiger partial charge in [-0.3, -0.25) is 20.2 Å². The SMILES string of the molecule is CC(C)Cc1cc(C(=O)Nc2nccs2)n(C(C)c2ccc(F)cc2)c1.CC(C)Cc1cc(C(=O)Nc2nccs2)n(C(C)c2ccc(F)cc2)c1. The maximum Gasteiger partial charge on any atom is 0.274 e. The highest BCUT2D eigenvalue weighted by atomic mass is 32.1. The summed E-state index contributed by atoms with van der Waals surface area (Å²) in [4.78, 5) is 33.8. The molecule has 272 valence electrons. The van der Waals surface area contributed by atoms with Crippen molar-refractivity contribution in [2.24, 2.45) is 11.8 Å². The molecule has 2 aromatic carbocycles. The number of rotatable bonds is 12. The number of aromatic nitrogens is 4. The van der Waals surface area contributed by atoms with Crippen LogP contribution in [0, 0.1) is 23.5 Å². The van der Waals surface area contributed by atoms with Crippen LogP contribution in [0.3, 0.4) is 0 Å². The van der Waals surface area contributed by atoms with Gasteiger partial charge in [0, 0.05) is 35.5 Å². The van der Waals surface area contributed by atoms with Crippen molar-refractivity contribution < 1.29 is 18.4 Å². The second kappa shape index (κ2) is 17.5. The Bertz CT molecular complexity index is 1890. The first kappa shape index (κ1) is 38.3. The van der Waals surface area contributed by atoms with Crippen molar-refractivity contribution in [3.8, 4) is 0 Å². The van der Waals surface area contributed by atoms with Crippen LogP contribution < -0.4 is 10.6 Å². The number of nitrogens with zero attached hydrogens (tertiary/aromatic N) is 4. The summed E-state index contributed by atoms with van der Waals surface area (Å²) in [7, 11) is 0. The Labute approximate surface area is 311 Å². The summed E-state index contributed by atoms with van der Waals surface area (Å²) in [5, 5.41) is 10.5. The lowest BCUT2D eigenvalue weighted by Gasteiger charge is -2.17. The predicted octanol–water partition coefficient (Wildman–Crippen LogP) is 10.3. The van der Waals surface area contributed by atoms with E-state index in [0.29, 0.717) is 33.5 Å². The highest BCUT2D eigenvalue weighted by Crippen LogP contribution is 2.27. The van der Waals surface area contributed by atoms with Gasteiger partial charge in [0.2, 0.25) is 0 Å². The first-order chi connectivity index (χ1) is 24.9. The molecule has 2 N–H and O–H groups in total. The molecule has 2 unspecified atom stereocenters. The normalized spacial score (nSPS) is 12.3. The van der Waals surface area contributed by atoms with E-state index in [9.17, 15) is 18.4 Å². The molecule has 6 rings (SSSR count). The van der Waals surface area contributed by atoms with Crippen LogP contribution in [-0.4, -0.2) is 30.9 Å². The van der Waals surface area contributed by atoms with Crippen LogP contribution in [0.5, 0.6) is 0 Å². The fraction of sp³-hybridized carbons (Fsp3) is 0.300. The van der Waals surface area contributed by atoms with Gasteiger partial charge in [-0.05, 0) is 97.2 Å². The molecule has 0 fully saturated rings.